The molecule has 0 aliphatic rings. The quantitative estimate of drug-likeness (QED) is 0.280. The molecule has 0 aromatic heterocycles. The van der Waals surface area contributed by atoms with Crippen molar-refractivity contribution in [3.63, 3.8) is 0 Å². The summed E-state index contributed by atoms with van der Waals surface area (Å²) in [6.07, 6.45) is 6.66. The Kier molecular flexibility index (Phi) is 5.29. The number of benzene rings is 1. The van der Waals surface area contributed by atoms with Gasteiger partial charge in [-0.2, -0.15) is 5.10 Å². The Morgan fingerprint density at radius 2 is 2.29 bits per heavy atom. The van der Waals surface area contributed by atoms with Crippen LogP contribution >= 0.6 is 22.6 Å². The Balaban J connectivity index is 2.79. The maximum atomic E-state index is 5.33. The second kappa shape index (κ2) is 6.75. The van der Waals surface area contributed by atoms with Crippen LogP contribution in [0.2, 0.25) is 0 Å². The minimum absolute atomic E-state index is 0.0788. The van der Waals surface area contributed by atoms with Crippen molar-refractivity contribution in [2.24, 2.45) is 21.7 Å². The lowest BCUT2D eigenvalue weighted by atomic mass is 10.2. The normalized spacial score (nSPS) is 9.88. The number of hydrogen-bond acceptors (Lipinski definition) is 3. The summed E-state index contributed by atoms with van der Waals surface area (Å²) in [7, 11) is 0. The summed E-state index contributed by atoms with van der Waals surface area (Å²) in [5, 5.41) is 7.21. The first-order valence-corrected chi connectivity index (χ1v) is 5.69. The molecule has 5 nitrogen and oxygen atoms in total. The van der Waals surface area contributed by atoms with Crippen molar-refractivity contribution >= 4 is 34.8 Å². The van der Waals surface area contributed by atoms with Gasteiger partial charge in [0.25, 0.3) is 0 Å². The second-order valence-electron chi connectivity index (χ2n) is 2.95. The molecule has 0 aliphatic heterocycles. The fourth-order valence-corrected chi connectivity index (χ4v) is 1.69. The van der Waals surface area contributed by atoms with E-state index in [1.54, 1.807) is 6.21 Å². The summed E-state index contributed by atoms with van der Waals surface area (Å²) < 4.78 is 6.26. The number of guanidine groups is 1. The lowest BCUT2D eigenvalue weighted by molar-refractivity contribution is 0.368. The lowest BCUT2D eigenvalue weighted by Crippen LogP contribution is -2.21. The minimum Gasteiger partial charge on any atom is -0.480 e. The van der Waals surface area contributed by atoms with Gasteiger partial charge in [-0.25, -0.2) is 0 Å². The number of hydrogen-bond donors (Lipinski definition) is 2. The van der Waals surface area contributed by atoms with E-state index in [1.165, 1.54) is 0 Å². The van der Waals surface area contributed by atoms with Crippen LogP contribution in [0.15, 0.2) is 28.4 Å². The maximum absolute atomic E-state index is 5.33. The SMILES string of the molecule is C#CCOc1ccc(C=NN=C(N)N)cc1I. The Bertz CT molecular complexity index is 487. The molecule has 0 spiro atoms. The van der Waals surface area contributed by atoms with E-state index < -0.39 is 0 Å². The number of terminal acetylenes is 1. The van der Waals surface area contributed by atoms with Gasteiger partial charge in [0.05, 0.1) is 9.78 Å². The van der Waals surface area contributed by atoms with Gasteiger partial charge >= 0.3 is 0 Å². The van der Waals surface area contributed by atoms with Crippen molar-refractivity contribution in [1.82, 2.24) is 0 Å². The van der Waals surface area contributed by atoms with Gasteiger partial charge in [-0.15, -0.1) is 11.5 Å². The molecule has 1 aromatic rings. The van der Waals surface area contributed by atoms with Gasteiger partial charge in [-0.1, -0.05) is 5.92 Å². The average molecular weight is 342 g/mol. The Hall–Kier alpha value is -1.75. The van der Waals surface area contributed by atoms with E-state index in [-0.39, 0.29) is 12.6 Å². The second-order valence-corrected chi connectivity index (χ2v) is 4.11. The van der Waals surface area contributed by atoms with Crippen LogP contribution in [0.25, 0.3) is 0 Å². The molecule has 0 bridgehead atoms. The van der Waals surface area contributed by atoms with Crippen molar-refractivity contribution in [1.29, 1.82) is 0 Å². The number of ether oxygens (including phenoxy) is 1. The standard InChI is InChI=1S/C11H11IN4O/c1-2-5-17-10-4-3-8(6-9(10)12)7-15-16-11(13)14/h1,3-4,6-7H,5H2,(H4,13,14,16). The van der Waals surface area contributed by atoms with Crippen LogP contribution in [0.4, 0.5) is 0 Å². The summed E-state index contributed by atoms with van der Waals surface area (Å²) in [5.74, 6) is 3.07. The van der Waals surface area contributed by atoms with Crippen LogP contribution < -0.4 is 16.2 Å². The zero-order chi connectivity index (χ0) is 12.7. The van der Waals surface area contributed by atoms with Crippen LogP contribution in [0.5, 0.6) is 5.75 Å². The van der Waals surface area contributed by atoms with Crippen LogP contribution in [-0.2, 0) is 0 Å². The van der Waals surface area contributed by atoms with Gasteiger partial charge in [0.1, 0.15) is 12.4 Å². The molecule has 0 radical (unpaired) electrons. The van der Waals surface area contributed by atoms with Crippen LogP contribution in [0.3, 0.4) is 0 Å². The fourth-order valence-electron chi connectivity index (χ4n) is 0.996. The highest BCUT2D eigenvalue weighted by atomic mass is 127. The molecule has 88 valence electrons. The lowest BCUT2D eigenvalue weighted by Gasteiger charge is -2.05. The third-order valence-corrected chi connectivity index (χ3v) is 2.49. The van der Waals surface area contributed by atoms with Gasteiger partial charge in [-0.3, -0.25) is 0 Å². The molecular weight excluding hydrogens is 331 g/mol. The smallest absolute Gasteiger partial charge is 0.211 e. The van der Waals surface area contributed by atoms with Crippen LogP contribution in [0.1, 0.15) is 5.56 Å². The van der Waals surface area contributed by atoms with Crippen molar-refractivity contribution in [3.05, 3.63) is 27.3 Å². The summed E-state index contributed by atoms with van der Waals surface area (Å²) in [6, 6.07) is 5.54. The highest BCUT2D eigenvalue weighted by Crippen LogP contribution is 2.21. The summed E-state index contributed by atoms with van der Waals surface area (Å²) in [6.45, 7) is 0.247. The van der Waals surface area contributed by atoms with E-state index in [4.69, 9.17) is 22.6 Å². The molecule has 4 N–H and O–H groups in total. The number of nitrogens with two attached hydrogens (primary N) is 2. The molecule has 0 saturated heterocycles. The first-order valence-electron chi connectivity index (χ1n) is 4.61. The first kappa shape index (κ1) is 13.3. The number of rotatable bonds is 4. The molecule has 0 aliphatic carbocycles. The molecule has 0 heterocycles. The zero-order valence-electron chi connectivity index (χ0n) is 8.93. The van der Waals surface area contributed by atoms with Crippen molar-refractivity contribution < 1.29 is 4.74 Å². The molecule has 1 rings (SSSR count). The van der Waals surface area contributed by atoms with Gasteiger partial charge in [0.2, 0.25) is 5.96 Å². The van der Waals surface area contributed by atoms with Crippen molar-refractivity contribution in [2.45, 2.75) is 0 Å². The molecule has 1 aromatic carbocycles. The van der Waals surface area contributed by atoms with Gasteiger partial charge in [-0.05, 0) is 46.4 Å². The third kappa shape index (κ3) is 4.74. The maximum Gasteiger partial charge on any atom is 0.211 e. The molecular formula is C11H11IN4O. The summed E-state index contributed by atoms with van der Waals surface area (Å²) in [4.78, 5) is 0. The minimum atomic E-state index is -0.0788. The number of nitrogens with zero attached hydrogens (tertiary/aromatic N) is 2. The van der Waals surface area contributed by atoms with Crippen LogP contribution in [0, 0.1) is 15.9 Å². The molecule has 6 heteroatoms. The average Bonchev–Trinajstić information content (AvgIpc) is 2.27. The predicted molar refractivity (Wildman–Crippen MR) is 76.9 cm³/mol. The molecule has 0 atom stereocenters. The Morgan fingerprint density at radius 3 is 2.88 bits per heavy atom. The molecule has 0 fully saturated rings. The predicted octanol–water partition coefficient (Wildman–Crippen LogP) is 0.911. The Morgan fingerprint density at radius 1 is 1.53 bits per heavy atom. The zero-order valence-corrected chi connectivity index (χ0v) is 11.1. The van der Waals surface area contributed by atoms with E-state index in [1.807, 2.05) is 18.2 Å². The van der Waals surface area contributed by atoms with Gasteiger partial charge in [0, 0.05) is 0 Å². The highest BCUT2D eigenvalue weighted by molar-refractivity contribution is 14.1. The summed E-state index contributed by atoms with van der Waals surface area (Å²) >= 11 is 2.15. The Labute approximate surface area is 113 Å². The fraction of sp³-hybridized carbons (Fsp3) is 0.0909. The van der Waals surface area contributed by atoms with E-state index in [9.17, 15) is 0 Å². The largest absolute Gasteiger partial charge is 0.480 e. The highest BCUT2D eigenvalue weighted by Gasteiger charge is 2.00. The monoisotopic (exact) mass is 342 g/mol. The van der Waals surface area contributed by atoms with Gasteiger partial charge < -0.3 is 16.2 Å². The van der Waals surface area contributed by atoms with Crippen molar-refractivity contribution in [2.75, 3.05) is 6.61 Å². The van der Waals surface area contributed by atoms with Crippen LogP contribution in [-0.4, -0.2) is 18.8 Å². The van der Waals surface area contributed by atoms with Crippen molar-refractivity contribution in [3.8, 4) is 18.1 Å². The van der Waals surface area contributed by atoms with E-state index in [0.717, 1.165) is 14.9 Å². The molecule has 0 saturated carbocycles. The first-order chi connectivity index (χ1) is 8.13. The third-order valence-electron chi connectivity index (χ3n) is 1.65. The molecule has 17 heavy (non-hydrogen) atoms. The summed E-state index contributed by atoms with van der Waals surface area (Å²) in [5.41, 5.74) is 11.1. The molecule has 0 amide bonds. The topological polar surface area (TPSA) is 86.0 Å². The van der Waals surface area contributed by atoms with E-state index >= 15 is 0 Å². The van der Waals surface area contributed by atoms with Gasteiger partial charge in [0.15, 0.2) is 0 Å². The van der Waals surface area contributed by atoms with E-state index in [0.29, 0.717) is 0 Å². The molecule has 0 unspecified atom stereocenters. The van der Waals surface area contributed by atoms with E-state index in [2.05, 4.69) is 38.7 Å². The number of halogens is 1.